The van der Waals surface area contributed by atoms with Crippen molar-refractivity contribution in [1.82, 2.24) is 15.5 Å². The number of nitrogens with one attached hydrogen (secondary N) is 3. The maximum atomic E-state index is 12.4. The minimum atomic E-state index is -0.224. The fourth-order valence-electron chi connectivity index (χ4n) is 2.36. The van der Waals surface area contributed by atoms with Crippen LogP contribution in [0.3, 0.4) is 0 Å². The summed E-state index contributed by atoms with van der Waals surface area (Å²) in [4.78, 5) is 24.5. The molecule has 1 aliphatic carbocycles. The van der Waals surface area contributed by atoms with Crippen LogP contribution >= 0.6 is 0 Å². The molecule has 0 saturated heterocycles. The van der Waals surface area contributed by atoms with E-state index in [2.05, 4.69) is 20.8 Å². The number of hydrogen-bond acceptors (Lipinski definition) is 3. The first kappa shape index (κ1) is 15.3. The lowest BCUT2D eigenvalue weighted by Crippen LogP contribution is -2.25. The van der Waals surface area contributed by atoms with Gasteiger partial charge in [-0.15, -0.1) is 0 Å². The zero-order chi connectivity index (χ0) is 16.4. The summed E-state index contributed by atoms with van der Waals surface area (Å²) >= 11 is 0. The lowest BCUT2D eigenvalue weighted by molar-refractivity contribution is 0.0949. The highest BCUT2D eigenvalue weighted by Crippen LogP contribution is 2.22. The molecule has 1 aliphatic rings. The average Bonchev–Trinajstić information content (AvgIpc) is 3.22. The number of hydrogen-bond donors (Lipinski definition) is 3. The maximum absolute atomic E-state index is 12.4. The topological polar surface area (TPSA) is 86.9 Å². The number of carbonyl (C=O) groups excluding carboxylic acids is 2. The van der Waals surface area contributed by atoms with Gasteiger partial charge in [0.1, 0.15) is 0 Å². The van der Waals surface area contributed by atoms with Crippen LogP contribution in [0, 0.1) is 6.92 Å². The number of aromatic amines is 1. The number of aryl methyl sites for hydroxylation is 2. The molecule has 120 valence electrons. The summed E-state index contributed by atoms with van der Waals surface area (Å²) < 4.78 is 0. The lowest BCUT2D eigenvalue weighted by atomic mass is 10.1. The van der Waals surface area contributed by atoms with Gasteiger partial charge in [-0.25, -0.2) is 0 Å². The summed E-state index contributed by atoms with van der Waals surface area (Å²) in [5, 5.41) is 12.6. The van der Waals surface area contributed by atoms with E-state index in [0.717, 1.165) is 24.1 Å². The van der Waals surface area contributed by atoms with Gasteiger partial charge in [0.2, 0.25) is 0 Å². The molecule has 0 atom stereocenters. The quantitative estimate of drug-likeness (QED) is 0.792. The van der Waals surface area contributed by atoms with Crippen molar-refractivity contribution in [3.63, 3.8) is 0 Å². The van der Waals surface area contributed by atoms with Gasteiger partial charge in [-0.2, -0.15) is 5.10 Å². The first-order chi connectivity index (χ1) is 11.1. The Morgan fingerprint density at radius 3 is 2.78 bits per heavy atom. The van der Waals surface area contributed by atoms with E-state index in [9.17, 15) is 9.59 Å². The molecule has 1 fully saturated rings. The van der Waals surface area contributed by atoms with Gasteiger partial charge in [0, 0.05) is 23.0 Å². The molecule has 0 radical (unpaired) electrons. The second kappa shape index (κ2) is 6.24. The highest BCUT2D eigenvalue weighted by atomic mass is 16.2. The van der Waals surface area contributed by atoms with Crippen molar-refractivity contribution in [2.45, 2.75) is 39.2 Å². The van der Waals surface area contributed by atoms with Crippen LogP contribution in [-0.2, 0) is 6.42 Å². The van der Waals surface area contributed by atoms with E-state index in [1.165, 1.54) is 6.20 Å². The van der Waals surface area contributed by atoms with Crippen LogP contribution < -0.4 is 10.6 Å². The van der Waals surface area contributed by atoms with Gasteiger partial charge in [0.05, 0.1) is 11.8 Å². The van der Waals surface area contributed by atoms with E-state index in [1.807, 2.05) is 19.9 Å². The first-order valence-corrected chi connectivity index (χ1v) is 7.83. The summed E-state index contributed by atoms with van der Waals surface area (Å²) in [5.74, 6) is -0.320. The summed E-state index contributed by atoms with van der Waals surface area (Å²) in [7, 11) is 0. The zero-order valence-corrected chi connectivity index (χ0v) is 13.3. The third-order valence-corrected chi connectivity index (χ3v) is 3.98. The van der Waals surface area contributed by atoms with Gasteiger partial charge >= 0.3 is 0 Å². The summed E-state index contributed by atoms with van der Waals surface area (Å²) in [6.07, 6.45) is 4.31. The average molecular weight is 312 g/mol. The fraction of sp³-hybridized carbons (Fsp3) is 0.353. The minimum Gasteiger partial charge on any atom is -0.349 e. The SMILES string of the molecule is CCc1[nH]ncc1C(=O)Nc1cc(C(=O)NC2CC2)ccc1C. The summed E-state index contributed by atoms with van der Waals surface area (Å²) in [6.45, 7) is 3.85. The Morgan fingerprint density at radius 2 is 2.09 bits per heavy atom. The van der Waals surface area contributed by atoms with Crippen LogP contribution in [0.5, 0.6) is 0 Å². The van der Waals surface area contributed by atoms with E-state index in [1.54, 1.807) is 12.1 Å². The first-order valence-electron chi connectivity index (χ1n) is 7.83. The van der Waals surface area contributed by atoms with Crippen LogP contribution in [0.1, 0.15) is 51.7 Å². The smallest absolute Gasteiger partial charge is 0.259 e. The third kappa shape index (κ3) is 3.41. The molecule has 1 heterocycles. The molecule has 1 aromatic carbocycles. The minimum absolute atomic E-state index is 0.0967. The molecule has 2 amide bonds. The standard InChI is InChI=1S/C17H20N4O2/c1-3-14-13(9-18-21-14)17(23)20-15-8-11(5-4-10(15)2)16(22)19-12-6-7-12/h4-5,8-9,12H,3,6-7H2,1-2H3,(H,18,21)(H,19,22)(H,20,23). The van der Waals surface area contributed by atoms with Gasteiger partial charge < -0.3 is 10.6 Å². The largest absolute Gasteiger partial charge is 0.349 e. The molecule has 3 rings (SSSR count). The number of H-pyrrole nitrogens is 1. The van der Waals surface area contributed by atoms with Crippen molar-refractivity contribution in [2.24, 2.45) is 0 Å². The predicted molar refractivity (Wildman–Crippen MR) is 87.6 cm³/mol. The third-order valence-electron chi connectivity index (χ3n) is 3.98. The Bertz CT molecular complexity index is 747. The summed E-state index contributed by atoms with van der Waals surface area (Å²) in [5.41, 5.74) is 3.42. The molecule has 3 N–H and O–H groups in total. The molecule has 23 heavy (non-hydrogen) atoms. The molecule has 1 saturated carbocycles. The van der Waals surface area contributed by atoms with Crippen molar-refractivity contribution in [1.29, 1.82) is 0 Å². The monoisotopic (exact) mass is 312 g/mol. The van der Waals surface area contributed by atoms with E-state index >= 15 is 0 Å². The number of aromatic nitrogens is 2. The normalized spacial score (nSPS) is 13.7. The van der Waals surface area contributed by atoms with E-state index in [4.69, 9.17) is 0 Å². The lowest BCUT2D eigenvalue weighted by Gasteiger charge is -2.11. The fourth-order valence-corrected chi connectivity index (χ4v) is 2.36. The molecule has 0 unspecified atom stereocenters. The number of nitrogens with zero attached hydrogens (tertiary/aromatic N) is 1. The number of anilines is 1. The van der Waals surface area contributed by atoms with Crippen molar-refractivity contribution in [2.75, 3.05) is 5.32 Å². The number of rotatable bonds is 5. The van der Waals surface area contributed by atoms with Gasteiger partial charge in [0.25, 0.3) is 11.8 Å². The van der Waals surface area contributed by atoms with E-state index in [0.29, 0.717) is 29.3 Å². The molecule has 6 nitrogen and oxygen atoms in total. The predicted octanol–water partition coefficient (Wildman–Crippen LogP) is 2.43. The summed E-state index contributed by atoms with van der Waals surface area (Å²) in [6, 6.07) is 5.64. The Morgan fingerprint density at radius 1 is 1.30 bits per heavy atom. The molecule has 6 heteroatoms. The molecule has 1 aromatic heterocycles. The zero-order valence-electron chi connectivity index (χ0n) is 13.3. The molecule has 0 bridgehead atoms. The molecular weight excluding hydrogens is 292 g/mol. The molecular formula is C17H20N4O2. The highest BCUT2D eigenvalue weighted by Gasteiger charge is 2.24. The van der Waals surface area contributed by atoms with Crippen molar-refractivity contribution < 1.29 is 9.59 Å². The van der Waals surface area contributed by atoms with Crippen molar-refractivity contribution >= 4 is 17.5 Å². The van der Waals surface area contributed by atoms with Crippen molar-refractivity contribution in [3.8, 4) is 0 Å². The highest BCUT2D eigenvalue weighted by molar-refractivity contribution is 6.06. The number of benzene rings is 1. The Kier molecular flexibility index (Phi) is 4.14. The van der Waals surface area contributed by atoms with Crippen LogP contribution in [0.15, 0.2) is 24.4 Å². The van der Waals surface area contributed by atoms with Gasteiger partial charge in [-0.1, -0.05) is 13.0 Å². The van der Waals surface area contributed by atoms with Crippen LogP contribution in [0.25, 0.3) is 0 Å². The van der Waals surface area contributed by atoms with E-state index in [-0.39, 0.29) is 11.8 Å². The van der Waals surface area contributed by atoms with Crippen LogP contribution in [-0.4, -0.2) is 28.1 Å². The van der Waals surface area contributed by atoms with Gasteiger partial charge in [-0.3, -0.25) is 14.7 Å². The van der Waals surface area contributed by atoms with Gasteiger partial charge in [-0.05, 0) is 43.9 Å². The second-order valence-corrected chi connectivity index (χ2v) is 5.85. The van der Waals surface area contributed by atoms with Crippen molar-refractivity contribution in [3.05, 3.63) is 46.8 Å². The molecule has 0 spiro atoms. The number of amides is 2. The Balaban J connectivity index is 1.78. The second-order valence-electron chi connectivity index (χ2n) is 5.85. The number of carbonyl (C=O) groups is 2. The Labute approximate surface area is 134 Å². The van der Waals surface area contributed by atoms with E-state index < -0.39 is 0 Å². The van der Waals surface area contributed by atoms with Crippen LogP contribution in [0.4, 0.5) is 5.69 Å². The molecule has 2 aromatic rings. The van der Waals surface area contributed by atoms with Gasteiger partial charge in [0.15, 0.2) is 0 Å². The van der Waals surface area contributed by atoms with Crippen LogP contribution in [0.2, 0.25) is 0 Å². The molecule has 0 aliphatic heterocycles. The maximum Gasteiger partial charge on any atom is 0.259 e. The Hall–Kier alpha value is -2.63.